The van der Waals surface area contributed by atoms with Crippen molar-refractivity contribution >= 4 is 35.4 Å². The number of carbonyl (C=O) groups is 4. The smallest absolute Gasteiger partial charge is 0.329 e. The highest BCUT2D eigenvalue weighted by molar-refractivity contribution is 5.96. The van der Waals surface area contributed by atoms with Crippen molar-refractivity contribution in [3.8, 4) is 0 Å². The molecule has 336 valence electrons. The Labute approximate surface area is 367 Å². The van der Waals surface area contributed by atoms with Crippen molar-refractivity contribution in [3.05, 3.63) is 95.6 Å². The van der Waals surface area contributed by atoms with Crippen molar-refractivity contribution in [1.29, 1.82) is 0 Å². The molecule has 4 N–H and O–H groups in total. The average Bonchev–Trinajstić information content (AvgIpc) is 3.26. The van der Waals surface area contributed by atoms with Crippen molar-refractivity contribution in [1.82, 2.24) is 10.6 Å². The Bertz CT molecular complexity index is 1650. The summed E-state index contributed by atoms with van der Waals surface area (Å²) in [6.07, 6.45) is 24.2. The third-order valence-corrected chi connectivity index (χ3v) is 11.0. The van der Waals surface area contributed by atoms with E-state index in [9.17, 15) is 19.2 Å². The van der Waals surface area contributed by atoms with Crippen LogP contribution in [0.2, 0.25) is 0 Å². The molecule has 0 saturated heterocycles. The first-order valence-corrected chi connectivity index (χ1v) is 23.5. The summed E-state index contributed by atoms with van der Waals surface area (Å²) in [4.78, 5) is 53.3. The SMILES string of the molecule is CCCCCCCCCCCCOC(=O)[C@H](Cc1ccccc1)NC(=O)Nc1ccc(C)c(NC(=O)N[C@@H](Cc2ccccc2)C(=O)OCCCCCCCCCCCC)c1. The third-order valence-electron chi connectivity index (χ3n) is 11.0. The number of nitrogens with one attached hydrogen (secondary N) is 4. The van der Waals surface area contributed by atoms with E-state index in [1.54, 1.807) is 18.2 Å². The molecule has 10 nitrogen and oxygen atoms in total. The van der Waals surface area contributed by atoms with Gasteiger partial charge in [-0.3, -0.25) is 0 Å². The van der Waals surface area contributed by atoms with Crippen LogP contribution in [0.4, 0.5) is 21.0 Å². The van der Waals surface area contributed by atoms with Crippen LogP contribution in [0.3, 0.4) is 0 Å². The van der Waals surface area contributed by atoms with Crippen molar-refractivity contribution in [2.75, 3.05) is 23.8 Å². The second kappa shape index (κ2) is 31.9. The van der Waals surface area contributed by atoms with E-state index in [4.69, 9.17) is 9.47 Å². The summed E-state index contributed by atoms with van der Waals surface area (Å²) in [5, 5.41) is 11.3. The molecule has 3 rings (SSSR count). The molecule has 0 unspecified atom stereocenters. The van der Waals surface area contributed by atoms with Crippen LogP contribution in [-0.4, -0.2) is 49.3 Å². The summed E-state index contributed by atoms with van der Waals surface area (Å²) in [5.74, 6) is -0.962. The number of esters is 2. The first-order valence-electron chi connectivity index (χ1n) is 23.5. The van der Waals surface area contributed by atoms with E-state index in [2.05, 4.69) is 35.1 Å². The van der Waals surface area contributed by atoms with Gasteiger partial charge in [-0.25, -0.2) is 19.2 Å². The van der Waals surface area contributed by atoms with Crippen LogP contribution >= 0.6 is 0 Å². The molecule has 10 heteroatoms. The molecule has 0 saturated carbocycles. The zero-order chi connectivity index (χ0) is 43.8. The third kappa shape index (κ3) is 23.1. The summed E-state index contributed by atoms with van der Waals surface area (Å²) in [6.45, 7) is 6.92. The van der Waals surface area contributed by atoms with Gasteiger partial charge < -0.3 is 30.7 Å². The molecule has 3 aromatic carbocycles. The maximum Gasteiger partial charge on any atom is 0.329 e. The molecule has 0 fully saturated rings. The lowest BCUT2D eigenvalue weighted by molar-refractivity contribution is -0.146. The van der Waals surface area contributed by atoms with Crippen LogP contribution in [-0.2, 0) is 31.9 Å². The molecule has 0 aliphatic rings. The van der Waals surface area contributed by atoms with E-state index >= 15 is 0 Å². The molecule has 0 aliphatic carbocycles. The normalized spacial score (nSPS) is 11.9. The Kier molecular flexibility index (Phi) is 26.4. The van der Waals surface area contributed by atoms with Gasteiger partial charge >= 0.3 is 24.0 Å². The van der Waals surface area contributed by atoms with Gasteiger partial charge in [0.15, 0.2) is 0 Å². The van der Waals surface area contributed by atoms with Crippen molar-refractivity contribution in [3.63, 3.8) is 0 Å². The molecule has 4 amide bonds. The number of hydrogen-bond acceptors (Lipinski definition) is 6. The van der Waals surface area contributed by atoms with E-state index in [1.807, 2.05) is 67.6 Å². The van der Waals surface area contributed by atoms with E-state index in [0.29, 0.717) is 24.6 Å². The summed E-state index contributed by atoms with van der Waals surface area (Å²) in [7, 11) is 0. The summed E-state index contributed by atoms with van der Waals surface area (Å²) < 4.78 is 11.3. The quantitative estimate of drug-likeness (QED) is 0.0365. The lowest BCUT2D eigenvalue weighted by Gasteiger charge is -2.20. The molecule has 0 heterocycles. The second-order valence-electron chi connectivity index (χ2n) is 16.4. The fraction of sp³-hybridized carbons (Fsp3) is 0.569. The predicted octanol–water partition coefficient (Wildman–Crippen LogP) is 12.4. The van der Waals surface area contributed by atoms with Gasteiger partial charge in [-0.2, -0.15) is 0 Å². The fourth-order valence-corrected chi connectivity index (χ4v) is 7.29. The minimum Gasteiger partial charge on any atom is -0.464 e. The van der Waals surface area contributed by atoms with Crippen LogP contribution < -0.4 is 21.3 Å². The minimum absolute atomic E-state index is 0.276. The molecule has 0 radical (unpaired) electrons. The van der Waals surface area contributed by atoms with Crippen molar-refractivity contribution < 1.29 is 28.7 Å². The second-order valence-corrected chi connectivity index (χ2v) is 16.4. The van der Waals surface area contributed by atoms with E-state index in [1.165, 1.54) is 89.9 Å². The lowest BCUT2D eigenvalue weighted by Crippen LogP contribution is -2.45. The molecule has 0 aromatic heterocycles. The highest BCUT2D eigenvalue weighted by atomic mass is 16.5. The molecular weight excluding hydrogens is 765 g/mol. The van der Waals surface area contributed by atoms with E-state index in [-0.39, 0.29) is 12.8 Å². The summed E-state index contributed by atoms with van der Waals surface area (Å²) >= 11 is 0. The number of benzene rings is 3. The first kappa shape index (κ1) is 50.5. The highest BCUT2D eigenvalue weighted by Gasteiger charge is 2.25. The molecular formula is C51H76N4O6. The minimum atomic E-state index is -0.899. The maximum atomic E-state index is 13.4. The van der Waals surface area contributed by atoms with Gasteiger partial charge in [0.1, 0.15) is 12.1 Å². The van der Waals surface area contributed by atoms with Gasteiger partial charge in [-0.15, -0.1) is 0 Å². The van der Waals surface area contributed by atoms with Crippen LogP contribution in [0.25, 0.3) is 0 Å². The van der Waals surface area contributed by atoms with Gasteiger partial charge in [0.05, 0.1) is 13.2 Å². The topological polar surface area (TPSA) is 135 Å². The van der Waals surface area contributed by atoms with E-state index < -0.39 is 36.1 Å². The predicted molar refractivity (Wildman–Crippen MR) is 249 cm³/mol. The number of anilines is 2. The Morgan fingerprint density at radius 3 is 1.26 bits per heavy atom. The average molecular weight is 841 g/mol. The number of hydrogen-bond donors (Lipinski definition) is 4. The van der Waals surface area contributed by atoms with Crippen LogP contribution in [0, 0.1) is 6.92 Å². The number of urea groups is 2. The number of carbonyl (C=O) groups excluding carboxylic acids is 4. The van der Waals surface area contributed by atoms with E-state index in [0.717, 1.165) is 55.2 Å². The molecule has 61 heavy (non-hydrogen) atoms. The zero-order valence-corrected chi connectivity index (χ0v) is 37.6. The van der Waals surface area contributed by atoms with Crippen LogP contribution in [0.15, 0.2) is 78.9 Å². The Hall–Kier alpha value is -4.86. The van der Waals surface area contributed by atoms with Crippen LogP contribution in [0.1, 0.15) is 159 Å². The van der Waals surface area contributed by atoms with Gasteiger partial charge in [-0.05, 0) is 48.6 Å². The molecule has 3 aromatic rings. The summed E-state index contributed by atoms with van der Waals surface area (Å²) in [5.41, 5.74) is 3.40. The van der Waals surface area contributed by atoms with Gasteiger partial charge in [0.2, 0.25) is 0 Å². The molecule has 2 atom stereocenters. The number of rotatable bonds is 32. The number of amides is 4. The Morgan fingerprint density at radius 2 is 0.852 bits per heavy atom. The standard InChI is InChI=1S/C51H76N4O6/c1-4-6-8-10-12-14-16-18-20-28-36-60-48(56)46(38-42-30-24-22-25-31-42)54-50(58)52-44-35-34-41(3)45(40-44)53-51(59)55-47(39-43-32-26-23-27-33-43)49(57)61-37-29-21-19-17-15-13-11-9-7-5-2/h22-27,30-35,40,46-47H,4-21,28-29,36-39H2,1-3H3,(H2,52,54,58)(H2,53,55,59)/t46-,47-/m0/s1. The number of ether oxygens (including phenoxy) is 2. The van der Waals surface area contributed by atoms with Gasteiger partial charge in [-0.1, -0.05) is 196 Å². The first-order chi connectivity index (χ1) is 29.8. The summed E-state index contributed by atoms with van der Waals surface area (Å²) in [6, 6.07) is 21.2. The lowest BCUT2D eigenvalue weighted by atomic mass is 10.1. The molecule has 0 spiro atoms. The van der Waals surface area contributed by atoms with Gasteiger partial charge in [0.25, 0.3) is 0 Å². The Morgan fingerprint density at radius 1 is 0.475 bits per heavy atom. The number of unbranched alkanes of at least 4 members (excludes halogenated alkanes) is 18. The fourth-order valence-electron chi connectivity index (χ4n) is 7.29. The van der Waals surface area contributed by atoms with Crippen molar-refractivity contribution in [2.24, 2.45) is 0 Å². The monoisotopic (exact) mass is 841 g/mol. The van der Waals surface area contributed by atoms with Gasteiger partial charge in [0, 0.05) is 24.2 Å². The highest BCUT2D eigenvalue weighted by Crippen LogP contribution is 2.21. The number of aryl methyl sites for hydroxylation is 1. The maximum absolute atomic E-state index is 13.4. The van der Waals surface area contributed by atoms with Crippen LogP contribution in [0.5, 0.6) is 0 Å². The Balaban J connectivity index is 1.51. The largest absolute Gasteiger partial charge is 0.464 e. The zero-order valence-electron chi connectivity index (χ0n) is 37.6. The molecule has 0 bridgehead atoms. The molecule has 0 aliphatic heterocycles. The van der Waals surface area contributed by atoms with Crippen molar-refractivity contribution in [2.45, 2.75) is 174 Å².